The zero-order valence-corrected chi connectivity index (χ0v) is 24.1. The molecule has 0 bridgehead atoms. The van der Waals surface area contributed by atoms with Gasteiger partial charge in [-0.1, -0.05) is 118 Å². The number of hydrogen-bond donors (Lipinski definition) is 0. The third-order valence-electron chi connectivity index (χ3n) is 6.83. The fraction of sp³-hybridized carbons (Fsp3) is 0.600. The number of halogens is 1. The molecule has 0 fully saturated rings. The van der Waals surface area contributed by atoms with Crippen LogP contribution in [-0.2, 0) is 9.67 Å². The summed E-state index contributed by atoms with van der Waals surface area (Å²) in [5, 5.41) is 6.69. The van der Waals surface area contributed by atoms with E-state index in [0.717, 1.165) is 24.1 Å². The molecule has 3 rings (SSSR count). The smallest absolute Gasteiger partial charge is 0.352 e. The zero-order valence-electron chi connectivity index (χ0n) is 22.6. The Morgan fingerprint density at radius 2 is 1.54 bits per heavy atom. The van der Waals surface area contributed by atoms with E-state index in [1.54, 1.807) is 0 Å². The molecule has 5 nitrogen and oxygen atoms in total. The van der Waals surface area contributed by atoms with Crippen molar-refractivity contribution in [3.05, 3.63) is 68.8 Å². The topological polar surface area (TPSA) is 57.3 Å². The molecule has 0 radical (unpaired) electrons. The molecule has 0 saturated carbocycles. The molecule has 0 saturated heterocycles. The second kappa shape index (κ2) is 16.3. The Labute approximate surface area is 231 Å². The number of hydrogen-bond acceptors (Lipinski definition) is 5. The van der Waals surface area contributed by atoms with Crippen molar-refractivity contribution in [1.82, 2.24) is 9.72 Å². The summed E-state index contributed by atoms with van der Waals surface area (Å²) in [4.78, 5) is 11.4. The molecule has 204 valence electrons. The Morgan fingerprint density at radius 1 is 0.946 bits per heavy atom. The molecule has 0 aliphatic carbocycles. The van der Waals surface area contributed by atoms with Gasteiger partial charge >= 0.3 is 5.76 Å². The van der Waals surface area contributed by atoms with Crippen molar-refractivity contribution in [3.8, 4) is 0 Å². The lowest BCUT2D eigenvalue weighted by atomic mass is 10.1. The van der Waals surface area contributed by atoms with Crippen LogP contribution in [0.2, 0.25) is 5.02 Å². The third-order valence-corrected chi connectivity index (χ3v) is 8.41. The maximum atomic E-state index is 12.3. The van der Waals surface area contributed by atoms with Crippen LogP contribution in [0.3, 0.4) is 0 Å². The van der Waals surface area contributed by atoms with Gasteiger partial charge in [-0.3, -0.25) is 4.52 Å². The average molecular weight is 547 g/mol. The molecular weight excluding hydrogens is 504 g/mol. The van der Waals surface area contributed by atoms with Crippen LogP contribution in [0, 0.1) is 0 Å². The number of nitrogens with zero attached hydrogens (tertiary/aromatic N) is 2. The first-order valence-corrected chi connectivity index (χ1v) is 15.3. The van der Waals surface area contributed by atoms with E-state index in [1.807, 2.05) is 36.6 Å². The summed E-state index contributed by atoms with van der Waals surface area (Å²) in [6.07, 6.45) is 22.5. The minimum atomic E-state index is -0.932. The highest BCUT2D eigenvalue weighted by Crippen LogP contribution is 2.47. The Bertz CT molecular complexity index is 1040. The highest BCUT2D eigenvalue weighted by Gasteiger charge is 2.44. The van der Waals surface area contributed by atoms with Gasteiger partial charge in [-0.15, -0.1) is 0 Å². The van der Waals surface area contributed by atoms with Crippen LogP contribution >= 0.6 is 23.4 Å². The molecule has 0 spiro atoms. The zero-order chi connectivity index (χ0) is 26.3. The molecule has 7 heteroatoms. The number of benzene rings is 1. The molecule has 1 unspecified atom stereocenters. The van der Waals surface area contributed by atoms with Crippen molar-refractivity contribution in [2.75, 3.05) is 6.61 Å². The molecule has 1 aromatic heterocycles. The van der Waals surface area contributed by atoms with Crippen molar-refractivity contribution < 1.29 is 9.26 Å². The van der Waals surface area contributed by atoms with Crippen LogP contribution in [-0.4, -0.2) is 16.3 Å². The Morgan fingerprint density at radius 3 is 2.19 bits per heavy atom. The standard InChI is InChI=1S/C30H43ClN2O3S/c1-3-4-5-6-7-8-9-10-11-12-13-14-15-16-17-18-23-35-30(26-19-21-27(31)22-20-26)28-32-36-29(34)33(28)25(2)24-37-30/h10-11,19-22,24H,3-9,12-18,23H2,1-2H3/b11-10-. The van der Waals surface area contributed by atoms with Gasteiger partial charge in [0.1, 0.15) is 0 Å². The van der Waals surface area contributed by atoms with Gasteiger partial charge in [0.2, 0.25) is 10.8 Å². The lowest BCUT2D eigenvalue weighted by Gasteiger charge is -2.34. The first-order chi connectivity index (χ1) is 18.1. The molecular formula is C30H43ClN2O3S. The number of allylic oxidation sites excluding steroid dienone is 3. The van der Waals surface area contributed by atoms with E-state index in [4.69, 9.17) is 20.9 Å². The fourth-order valence-electron chi connectivity index (χ4n) is 4.66. The maximum absolute atomic E-state index is 12.3. The van der Waals surface area contributed by atoms with Gasteiger partial charge in [0, 0.05) is 22.9 Å². The van der Waals surface area contributed by atoms with Crippen LogP contribution in [0.1, 0.15) is 115 Å². The molecule has 2 heterocycles. The number of aromatic nitrogens is 2. The first kappa shape index (κ1) is 29.8. The molecule has 0 amide bonds. The van der Waals surface area contributed by atoms with Gasteiger partial charge in [0.25, 0.3) is 0 Å². The SMILES string of the molecule is CCCCCCCC/C=C\CCCCCCCCOC1(c2ccc(Cl)cc2)SC=C(C)n2c1noc2=O. The molecule has 0 N–H and O–H groups in total. The number of unbranched alkanes of at least 4 members (excludes halogenated alkanes) is 12. The number of fused-ring (bicyclic) bond motifs is 1. The summed E-state index contributed by atoms with van der Waals surface area (Å²) in [6, 6.07) is 7.52. The van der Waals surface area contributed by atoms with Crippen LogP contribution in [0.5, 0.6) is 0 Å². The van der Waals surface area contributed by atoms with E-state index in [-0.39, 0.29) is 0 Å². The first-order valence-electron chi connectivity index (χ1n) is 14.1. The Kier molecular flexibility index (Phi) is 13.1. The fourth-order valence-corrected chi connectivity index (χ4v) is 5.88. The van der Waals surface area contributed by atoms with Crippen molar-refractivity contribution >= 4 is 29.1 Å². The van der Waals surface area contributed by atoms with Gasteiger partial charge in [0.05, 0.1) is 0 Å². The third kappa shape index (κ3) is 8.90. The van der Waals surface area contributed by atoms with Crippen LogP contribution < -0.4 is 5.76 Å². The van der Waals surface area contributed by atoms with Crippen molar-refractivity contribution in [2.45, 2.75) is 109 Å². The molecule has 2 aromatic rings. The van der Waals surface area contributed by atoms with E-state index in [2.05, 4.69) is 24.2 Å². The lowest BCUT2D eigenvalue weighted by Crippen LogP contribution is -2.35. The minimum Gasteiger partial charge on any atom is -0.352 e. The molecule has 1 aliphatic heterocycles. The van der Waals surface area contributed by atoms with Gasteiger partial charge in [-0.2, -0.15) is 0 Å². The summed E-state index contributed by atoms with van der Waals surface area (Å²) in [5.74, 6) is -0.0300. The Hall–Kier alpha value is -1.76. The number of ether oxygens (including phenoxy) is 1. The quantitative estimate of drug-likeness (QED) is 0.138. The second-order valence-corrected chi connectivity index (χ2v) is 11.4. The summed E-state index contributed by atoms with van der Waals surface area (Å²) in [7, 11) is 0. The van der Waals surface area contributed by atoms with E-state index < -0.39 is 10.7 Å². The van der Waals surface area contributed by atoms with Crippen LogP contribution in [0.25, 0.3) is 5.70 Å². The average Bonchev–Trinajstić information content (AvgIpc) is 3.30. The Balaban J connectivity index is 1.35. The summed E-state index contributed by atoms with van der Waals surface area (Å²) in [5.41, 5.74) is 1.66. The normalized spacial score (nSPS) is 17.3. The van der Waals surface area contributed by atoms with Gasteiger partial charge in [0.15, 0.2) is 0 Å². The molecule has 37 heavy (non-hydrogen) atoms. The van der Waals surface area contributed by atoms with E-state index in [1.165, 1.54) is 93.4 Å². The van der Waals surface area contributed by atoms with Crippen molar-refractivity contribution in [1.29, 1.82) is 0 Å². The van der Waals surface area contributed by atoms with Gasteiger partial charge < -0.3 is 4.74 Å². The maximum Gasteiger partial charge on any atom is 0.446 e. The highest BCUT2D eigenvalue weighted by molar-refractivity contribution is 8.03. The van der Waals surface area contributed by atoms with E-state index in [9.17, 15) is 4.79 Å². The minimum absolute atomic E-state index is 0.467. The highest BCUT2D eigenvalue weighted by atomic mass is 35.5. The van der Waals surface area contributed by atoms with Crippen LogP contribution in [0.4, 0.5) is 0 Å². The lowest BCUT2D eigenvalue weighted by molar-refractivity contribution is 0.0408. The molecule has 1 aliphatic rings. The van der Waals surface area contributed by atoms with Crippen molar-refractivity contribution in [2.24, 2.45) is 0 Å². The number of thioether (sulfide) groups is 1. The summed E-state index contributed by atoms with van der Waals surface area (Å²) in [6.45, 7) is 4.71. The number of rotatable bonds is 18. The predicted molar refractivity (Wildman–Crippen MR) is 156 cm³/mol. The molecule has 1 aromatic carbocycles. The van der Waals surface area contributed by atoms with E-state index >= 15 is 0 Å². The summed E-state index contributed by atoms with van der Waals surface area (Å²) < 4.78 is 13.0. The molecule has 1 atom stereocenters. The van der Waals surface area contributed by atoms with Crippen LogP contribution in [0.15, 0.2) is 51.1 Å². The monoisotopic (exact) mass is 546 g/mol. The van der Waals surface area contributed by atoms with E-state index in [0.29, 0.717) is 17.5 Å². The van der Waals surface area contributed by atoms with Gasteiger partial charge in [-0.05, 0) is 56.6 Å². The van der Waals surface area contributed by atoms with Gasteiger partial charge in [-0.25, -0.2) is 9.36 Å². The van der Waals surface area contributed by atoms with Crippen molar-refractivity contribution in [3.63, 3.8) is 0 Å². The second-order valence-electron chi connectivity index (χ2n) is 9.89. The largest absolute Gasteiger partial charge is 0.446 e. The summed E-state index contributed by atoms with van der Waals surface area (Å²) >= 11 is 7.63. The predicted octanol–water partition coefficient (Wildman–Crippen LogP) is 9.31.